The highest BCUT2D eigenvalue weighted by Crippen LogP contribution is 2.18. The number of rotatable bonds is 5. The van der Waals surface area contributed by atoms with Gasteiger partial charge in [-0.1, -0.05) is 24.3 Å². The van der Waals surface area contributed by atoms with E-state index in [-0.39, 0.29) is 18.0 Å². The molecule has 0 aromatic heterocycles. The van der Waals surface area contributed by atoms with Gasteiger partial charge in [-0.2, -0.15) is 4.31 Å². The summed E-state index contributed by atoms with van der Waals surface area (Å²) in [5.41, 5.74) is -0.468. The molecule has 2 aromatic carbocycles. The molecule has 150 valence electrons. The van der Waals surface area contributed by atoms with Crippen LogP contribution in [0.5, 0.6) is 0 Å². The van der Waals surface area contributed by atoms with E-state index in [0.717, 1.165) is 17.0 Å². The minimum atomic E-state index is -3.57. The molecule has 6 nitrogen and oxygen atoms in total. The number of hydrogen-bond donors (Lipinski definition) is 2. The lowest BCUT2D eigenvalue weighted by atomic mass is 10.2. The number of quaternary nitrogens is 1. The largest absolute Gasteiger partial charge is 0.323 e. The molecule has 0 spiro atoms. The van der Waals surface area contributed by atoms with Gasteiger partial charge >= 0.3 is 0 Å². The normalized spacial score (nSPS) is 17.2. The van der Waals surface area contributed by atoms with Crippen molar-refractivity contribution in [2.75, 3.05) is 31.5 Å². The highest BCUT2D eigenvalue weighted by atomic mass is 32.2. The van der Waals surface area contributed by atoms with Gasteiger partial charge in [-0.3, -0.25) is 4.79 Å². The summed E-state index contributed by atoms with van der Waals surface area (Å²) in [5, 5.41) is 2.30. The SMILES string of the molecule is C[C@@H](C(=O)Nc1c(F)cccc1F)[NH+]1CCN(S(=O)(=O)c2ccccc2)CC1. The van der Waals surface area contributed by atoms with E-state index in [2.05, 4.69) is 5.32 Å². The Morgan fingerprint density at radius 2 is 1.61 bits per heavy atom. The Morgan fingerprint density at radius 1 is 1.04 bits per heavy atom. The number of nitrogens with one attached hydrogen (secondary N) is 2. The van der Waals surface area contributed by atoms with Gasteiger partial charge in [0.2, 0.25) is 10.0 Å². The molecule has 0 radical (unpaired) electrons. The lowest BCUT2D eigenvalue weighted by molar-refractivity contribution is -0.917. The van der Waals surface area contributed by atoms with Gasteiger partial charge in [0.15, 0.2) is 6.04 Å². The third-order valence-electron chi connectivity index (χ3n) is 4.96. The molecule has 28 heavy (non-hydrogen) atoms. The van der Waals surface area contributed by atoms with E-state index in [0.29, 0.717) is 13.1 Å². The molecule has 0 saturated carbocycles. The fraction of sp³-hybridized carbons (Fsp3) is 0.316. The molecule has 1 atom stereocenters. The van der Waals surface area contributed by atoms with Gasteiger partial charge < -0.3 is 10.2 Å². The van der Waals surface area contributed by atoms with E-state index in [4.69, 9.17) is 0 Å². The lowest BCUT2D eigenvalue weighted by Gasteiger charge is -2.34. The van der Waals surface area contributed by atoms with Crippen LogP contribution in [0.2, 0.25) is 0 Å². The second kappa shape index (κ2) is 8.34. The van der Waals surface area contributed by atoms with Crippen LogP contribution in [0.3, 0.4) is 0 Å². The summed E-state index contributed by atoms with van der Waals surface area (Å²) < 4.78 is 54.2. The monoisotopic (exact) mass is 410 g/mol. The molecule has 1 fully saturated rings. The van der Waals surface area contributed by atoms with Crippen molar-refractivity contribution in [3.63, 3.8) is 0 Å². The molecule has 1 aliphatic rings. The van der Waals surface area contributed by atoms with E-state index >= 15 is 0 Å². The highest BCUT2D eigenvalue weighted by Gasteiger charge is 2.34. The van der Waals surface area contributed by atoms with E-state index in [1.54, 1.807) is 37.3 Å². The van der Waals surface area contributed by atoms with Gasteiger partial charge in [0, 0.05) is 0 Å². The molecule has 9 heteroatoms. The summed E-state index contributed by atoms with van der Waals surface area (Å²) in [6.07, 6.45) is 0. The average molecular weight is 410 g/mol. The van der Waals surface area contributed by atoms with Crippen LogP contribution in [0.1, 0.15) is 6.92 Å². The summed E-state index contributed by atoms with van der Waals surface area (Å²) in [6.45, 7) is 3.02. The first kappa shape index (κ1) is 20.4. The number of para-hydroxylation sites is 1. The third-order valence-corrected chi connectivity index (χ3v) is 6.88. The number of carbonyl (C=O) groups excluding carboxylic acids is 1. The minimum Gasteiger partial charge on any atom is -0.323 e. The van der Waals surface area contributed by atoms with Crippen molar-refractivity contribution in [1.82, 2.24) is 4.31 Å². The Hall–Kier alpha value is -2.36. The predicted molar refractivity (Wildman–Crippen MR) is 100 cm³/mol. The van der Waals surface area contributed by atoms with Crippen molar-refractivity contribution in [1.29, 1.82) is 0 Å². The molecule has 2 aromatic rings. The zero-order chi connectivity index (χ0) is 20.3. The van der Waals surface area contributed by atoms with Crippen molar-refractivity contribution in [3.05, 3.63) is 60.2 Å². The smallest absolute Gasteiger partial charge is 0.282 e. The zero-order valence-corrected chi connectivity index (χ0v) is 16.2. The third kappa shape index (κ3) is 4.21. The maximum atomic E-state index is 13.7. The molecule has 0 aliphatic carbocycles. The Morgan fingerprint density at radius 3 is 2.18 bits per heavy atom. The predicted octanol–water partition coefficient (Wildman–Crippen LogP) is 0.881. The number of benzene rings is 2. The Labute approximate surface area is 162 Å². The van der Waals surface area contributed by atoms with Gasteiger partial charge in [0.05, 0.1) is 31.1 Å². The molecular weight excluding hydrogens is 388 g/mol. The molecule has 0 unspecified atom stereocenters. The minimum absolute atomic E-state index is 0.235. The molecule has 1 saturated heterocycles. The van der Waals surface area contributed by atoms with E-state index in [9.17, 15) is 22.0 Å². The van der Waals surface area contributed by atoms with Crippen LogP contribution in [0.15, 0.2) is 53.4 Å². The standard InChI is InChI=1S/C19H21F2N3O3S/c1-14(19(25)22-18-16(20)8-5-9-17(18)21)23-10-12-24(13-11-23)28(26,27)15-6-3-2-4-7-15/h2-9,14H,10-13H2,1H3,(H,22,25)/p+1/t14-/m0/s1. The number of piperazine rings is 1. The van der Waals surface area contributed by atoms with Crippen molar-refractivity contribution < 1.29 is 26.9 Å². The van der Waals surface area contributed by atoms with Crippen LogP contribution < -0.4 is 10.2 Å². The number of carbonyl (C=O) groups is 1. The fourth-order valence-corrected chi connectivity index (χ4v) is 4.68. The first-order valence-electron chi connectivity index (χ1n) is 8.95. The molecule has 1 heterocycles. The van der Waals surface area contributed by atoms with Gasteiger partial charge in [-0.05, 0) is 31.2 Å². The zero-order valence-electron chi connectivity index (χ0n) is 15.4. The number of amides is 1. The van der Waals surface area contributed by atoms with Gasteiger partial charge in [0.25, 0.3) is 5.91 Å². The second-order valence-corrected chi connectivity index (χ2v) is 8.62. The van der Waals surface area contributed by atoms with Gasteiger partial charge in [0.1, 0.15) is 17.3 Å². The van der Waals surface area contributed by atoms with Crippen molar-refractivity contribution in [2.24, 2.45) is 0 Å². The summed E-state index contributed by atoms with van der Waals surface area (Å²) >= 11 is 0. The van der Waals surface area contributed by atoms with Crippen molar-refractivity contribution >= 4 is 21.6 Å². The lowest BCUT2D eigenvalue weighted by Crippen LogP contribution is -3.19. The number of hydrogen-bond acceptors (Lipinski definition) is 3. The maximum Gasteiger partial charge on any atom is 0.282 e. The quantitative estimate of drug-likeness (QED) is 0.769. The summed E-state index contributed by atoms with van der Waals surface area (Å²) in [7, 11) is -3.57. The molecule has 1 aliphatic heterocycles. The van der Waals surface area contributed by atoms with Gasteiger partial charge in [-0.25, -0.2) is 17.2 Å². The summed E-state index contributed by atoms with van der Waals surface area (Å²) in [4.78, 5) is 13.5. The van der Waals surface area contributed by atoms with E-state index in [1.807, 2.05) is 0 Å². The topological polar surface area (TPSA) is 70.9 Å². The number of halogens is 2. The van der Waals surface area contributed by atoms with Crippen LogP contribution in [-0.2, 0) is 14.8 Å². The van der Waals surface area contributed by atoms with Gasteiger partial charge in [-0.15, -0.1) is 0 Å². The summed E-state index contributed by atoms with van der Waals surface area (Å²) in [5.74, 6) is -2.19. The summed E-state index contributed by atoms with van der Waals surface area (Å²) in [6, 6.07) is 11.0. The van der Waals surface area contributed by atoms with Crippen molar-refractivity contribution in [2.45, 2.75) is 17.9 Å². The Bertz CT molecular complexity index is 926. The molecule has 2 N–H and O–H groups in total. The molecule has 3 rings (SSSR count). The highest BCUT2D eigenvalue weighted by molar-refractivity contribution is 7.89. The molecule has 0 bridgehead atoms. The Balaban J connectivity index is 1.62. The van der Waals surface area contributed by atoms with Crippen LogP contribution in [0, 0.1) is 11.6 Å². The maximum absolute atomic E-state index is 13.7. The Kier molecular flexibility index (Phi) is 6.07. The van der Waals surface area contributed by atoms with Crippen LogP contribution in [0.4, 0.5) is 14.5 Å². The first-order valence-corrected chi connectivity index (χ1v) is 10.4. The first-order chi connectivity index (χ1) is 13.3. The van der Waals surface area contributed by atoms with Crippen LogP contribution in [0.25, 0.3) is 0 Å². The number of anilines is 1. The second-order valence-electron chi connectivity index (χ2n) is 6.68. The molecule has 1 amide bonds. The molecular formula is C19H22F2N3O3S+. The van der Waals surface area contributed by atoms with E-state index < -0.39 is 39.3 Å². The number of nitrogens with zero attached hydrogens (tertiary/aromatic N) is 1. The van der Waals surface area contributed by atoms with Crippen LogP contribution in [-0.4, -0.2) is 50.9 Å². The average Bonchev–Trinajstić information content (AvgIpc) is 2.71. The van der Waals surface area contributed by atoms with E-state index in [1.165, 1.54) is 10.4 Å². The number of sulfonamides is 1. The van der Waals surface area contributed by atoms with Crippen LogP contribution >= 0.6 is 0 Å². The fourth-order valence-electron chi connectivity index (χ4n) is 3.22. The van der Waals surface area contributed by atoms with Crippen molar-refractivity contribution in [3.8, 4) is 0 Å².